The fourth-order valence-electron chi connectivity index (χ4n) is 6.50. The van der Waals surface area contributed by atoms with Gasteiger partial charge in [-0.15, -0.1) is 0 Å². The lowest BCUT2D eigenvalue weighted by Gasteiger charge is -2.55. The maximum atomic E-state index is 11.4. The van der Waals surface area contributed by atoms with E-state index in [1.807, 2.05) is 19.3 Å². The highest BCUT2D eigenvalue weighted by Gasteiger charge is 2.53. The third kappa shape index (κ3) is 3.26. The zero-order chi connectivity index (χ0) is 21.4. The van der Waals surface area contributed by atoms with Gasteiger partial charge in [0.25, 0.3) is 0 Å². The summed E-state index contributed by atoms with van der Waals surface area (Å²) < 4.78 is 5.42. The number of nitrogens with one attached hydrogen (secondary N) is 1. The smallest absolute Gasteiger partial charge is 0.142 e. The van der Waals surface area contributed by atoms with Crippen LogP contribution in [0.25, 0.3) is 5.57 Å². The van der Waals surface area contributed by atoms with Crippen LogP contribution in [0.15, 0.2) is 47.8 Å². The van der Waals surface area contributed by atoms with E-state index in [2.05, 4.69) is 42.4 Å². The molecular weight excluding hydrogens is 372 g/mol. The lowest BCUT2D eigenvalue weighted by molar-refractivity contribution is -0.104. The molecule has 4 rings (SSSR count). The molecule has 3 aliphatic rings. The van der Waals surface area contributed by atoms with Gasteiger partial charge >= 0.3 is 0 Å². The number of pyridine rings is 1. The van der Waals surface area contributed by atoms with E-state index in [9.17, 15) is 4.79 Å². The van der Waals surface area contributed by atoms with Crippen molar-refractivity contribution >= 4 is 11.9 Å². The minimum atomic E-state index is 0.0605. The Morgan fingerprint density at radius 3 is 2.83 bits per heavy atom. The molecular formula is C26H34N2O2. The summed E-state index contributed by atoms with van der Waals surface area (Å²) in [5.74, 6) is 1.96. The maximum Gasteiger partial charge on any atom is 0.142 e. The van der Waals surface area contributed by atoms with Gasteiger partial charge in [-0.25, -0.2) is 0 Å². The Bertz CT molecular complexity index is 915. The number of ether oxygens (including phenoxy) is 1. The van der Waals surface area contributed by atoms with Crippen LogP contribution < -0.4 is 10.1 Å². The van der Waals surface area contributed by atoms with Gasteiger partial charge in [0.05, 0.1) is 13.3 Å². The lowest BCUT2D eigenvalue weighted by atomic mass is 9.49. The van der Waals surface area contributed by atoms with E-state index in [-0.39, 0.29) is 10.8 Å². The Hall–Kier alpha value is -2.20. The first-order valence-electron chi connectivity index (χ1n) is 11.2. The number of aldehydes is 1. The van der Waals surface area contributed by atoms with Crippen LogP contribution in [0, 0.1) is 22.7 Å². The van der Waals surface area contributed by atoms with Crippen LogP contribution in [-0.2, 0) is 4.79 Å². The number of methoxy groups -OCH3 is 1. The monoisotopic (exact) mass is 406 g/mol. The molecule has 160 valence electrons. The van der Waals surface area contributed by atoms with Crippen molar-refractivity contribution in [3.8, 4) is 5.75 Å². The van der Waals surface area contributed by atoms with Crippen molar-refractivity contribution < 1.29 is 9.53 Å². The Balaban J connectivity index is 1.66. The summed E-state index contributed by atoms with van der Waals surface area (Å²) in [7, 11) is 3.71. The van der Waals surface area contributed by atoms with Gasteiger partial charge in [-0.2, -0.15) is 0 Å². The van der Waals surface area contributed by atoms with Gasteiger partial charge in [0.2, 0.25) is 0 Å². The second-order valence-corrected chi connectivity index (χ2v) is 9.54. The minimum absolute atomic E-state index is 0.0605. The summed E-state index contributed by atoms with van der Waals surface area (Å²) in [6.45, 7) is 5.79. The molecule has 1 heterocycles. The number of hydrogen-bond donors (Lipinski definition) is 1. The highest BCUT2D eigenvalue weighted by atomic mass is 16.5. The molecule has 1 N–H and O–H groups in total. The zero-order valence-corrected chi connectivity index (χ0v) is 18.7. The Morgan fingerprint density at radius 2 is 2.10 bits per heavy atom. The van der Waals surface area contributed by atoms with Gasteiger partial charge in [-0.1, -0.05) is 37.1 Å². The van der Waals surface area contributed by atoms with Crippen molar-refractivity contribution in [1.82, 2.24) is 10.3 Å². The molecule has 1 aromatic rings. The predicted molar refractivity (Wildman–Crippen MR) is 121 cm³/mol. The average molecular weight is 407 g/mol. The fourth-order valence-corrected chi connectivity index (χ4v) is 6.50. The second kappa shape index (κ2) is 8.14. The number of hydrogen-bond acceptors (Lipinski definition) is 4. The summed E-state index contributed by atoms with van der Waals surface area (Å²) in [4.78, 5) is 15.8. The number of fused-ring (bicyclic) bond motifs is 3. The van der Waals surface area contributed by atoms with Crippen molar-refractivity contribution in [1.29, 1.82) is 0 Å². The van der Waals surface area contributed by atoms with Crippen LogP contribution in [0.5, 0.6) is 5.75 Å². The van der Waals surface area contributed by atoms with E-state index in [4.69, 9.17) is 4.74 Å². The number of aromatic nitrogens is 1. The molecule has 0 aliphatic heterocycles. The molecule has 0 radical (unpaired) electrons. The first-order chi connectivity index (χ1) is 14.5. The molecule has 4 nitrogen and oxygen atoms in total. The van der Waals surface area contributed by atoms with Crippen LogP contribution in [0.4, 0.5) is 0 Å². The number of nitrogens with zero attached hydrogens (tertiary/aromatic N) is 1. The van der Waals surface area contributed by atoms with Crippen LogP contribution >= 0.6 is 0 Å². The molecule has 2 saturated carbocycles. The topological polar surface area (TPSA) is 51.2 Å². The molecule has 0 saturated heterocycles. The highest BCUT2D eigenvalue weighted by Crippen LogP contribution is 2.64. The molecule has 0 spiro atoms. The molecule has 4 atom stereocenters. The number of carbonyl (C=O) groups is 1. The van der Waals surface area contributed by atoms with E-state index in [1.165, 1.54) is 17.6 Å². The van der Waals surface area contributed by atoms with Gasteiger partial charge in [-0.3, -0.25) is 9.78 Å². The van der Waals surface area contributed by atoms with Crippen LogP contribution in [0.2, 0.25) is 0 Å². The summed E-state index contributed by atoms with van der Waals surface area (Å²) in [6, 6.07) is 2.11. The standard InChI is InChI=1S/C26H34N2O2/c1-25(12-13-27-3)19(10-14-29)5-6-21-23-8-7-22(26(23,2)11-9-24(21)25)18-15-20(30-4)17-28-16-18/h7-8,10,14-17,21,24,27H,5-6,9,11-13H2,1-4H3/b19-10-. The summed E-state index contributed by atoms with van der Waals surface area (Å²) in [5, 5.41) is 3.33. The van der Waals surface area contributed by atoms with Gasteiger partial charge in [0.1, 0.15) is 12.0 Å². The normalized spacial score (nSPS) is 34.1. The van der Waals surface area contributed by atoms with Crippen molar-refractivity contribution in [2.24, 2.45) is 22.7 Å². The molecule has 30 heavy (non-hydrogen) atoms. The maximum absolute atomic E-state index is 11.4. The molecule has 1 aromatic heterocycles. The number of rotatable bonds is 6. The third-order valence-corrected chi connectivity index (χ3v) is 8.20. The highest BCUT2D eigenvalue weighted by molar-refractivity contribution is 5.78. The molecule has 4 heteroatoms. The average Bonchev–Trinajstić information content (AvgIpc) is 3.12. The summed E-state index contributed by atoms with van der Waals surface area (Å²) in [5.41, 5.74) is 5.60. The molecule has 0 amide bonds. The van der Waals surface area contributed by atoms with Crippen LogP contribution in [-0.4, -0.2) is 32.0 Å². The van der Waals surface area contributed by atoms with Crippen LogP contribution in [0.3, 0.4) is 0 Å². The zero-order valence-electron chi connectivity index (χ0n) is 18.7. The molecule has 2 fully saturated rings. The fraction of sp³-hybridized carbons (Fsp3) is 0.538. The first-order valence-corrected chi connectivity index (χ1v) is 11.2. The first kappa shape index (κ1) is 21.0. The quantitative estimate of drug-likeness (QED) is 0.535. The van der Waals surface area contributed by atoms with E-state index < -0.39 is 0 Å². The molecule has 0 bridgehead atoms. The van der Waals surface area contributed by atoms with Gasteiger partial charge in [0.15, 0.2) is 0 Å². The number of carbonyl (C=O) groups excluding carboxylic acids is 1. The Kier molecular flexibility index (Phi) is 5.71. The summed E-state index contributed by atoms with van der Waals surface area (Å²) >= 11 is 0. The van der Waals surface area contributed by atoms with Crippen molar-refractivity contribution in [2.45, 2.75) is 46.0 Å². The van der Waals surface area contributed by atoms with E-state index in [0.717, 1.165) is 49.8 Å². The van der Waals surface area contributed by atoms with E-state index in [0.29, 0.717) is 11.8 Å². The van der Waals surface area contributed by atoms with Crippen molar-refractivity contribution in [3.05, 3.63) is 53.4 Å². The van der Waals surface area contributed by atoms with E-state index >= 15 is 0 Å². The van der Waals surface area contributed by atoms with Gasteiger partial charge < -0.3 is 10.1 Å². The predicted octanol–water partition coefficient (Wildman–Crippen LogP) is 4.98. The largest absolute Gasteiger partial charge is 0.495 e. The van der Waals surface area contributed by atoms with Crippen molar-refractivity contribution in [2.75, 3.05) is 20.7 Å². The van der Waals surface area contributed by atoms with Gasteiger partial charge in [-0.05, 0) is 80.7 Å². The lowest BCUT2D eigenvalue weighted by Crippen LogP contribution is -2.46. The third-order valence-electron chi connectivity index (χ3n) is 8.20. The van der Waals surface area contributed by atoms with Gasteiger partial charge in [0, 0.05) is 17.2 Å². The second-order valence-electron chi connectivity index (χ2n) is 9.54. The van der Waals surface area contributed by atoms with Crippen molar-refractivity contribution in [3.63, 3.8) is 0 Å². The number of allylic oxidation sites excluding steroid dienone is 6. The summed E-state index contributed by atoms with van der Waals surface area (Å²) in [6.07, 6.45) is 16.8. The van der Waals surface area contributed by atoms with E-state index in [1.54, 1.807) is 18.9 Å². The van der Waals surface area contributed by atoms with Crippen LogP contribution in [0.1, 0.15) is 51.5 Å². The Morgan fingerprint density at radius 1 is 1.27 bits per heavy atom. The molecule has 0 aromatic carbocycles. The molecule has 4 unspecified atom stereocenters. The minimum Gasteiger partial charge on any atom is -0.495 e. The molecule has 3 aliphatic carbocycles. The Labute approximate surface area is 180 Å². The SMILES string of the molecule is CNCCC1(C)/C(=C\C=O)CCC2C3=CC=C(c4cncc(OC)c4)C3(C)CCC21.